The van der Waals surface area contributed by atoms with E-state index in [1.165, 1.54) is 16.8 Å². The number of rotatable bonds is 7. The van der Waals surface area contributed by atoms with Crippen LogP contribution in [0.4, 0.5) is 18.9 Å². The Labute approximate surface area is 252 Å². The summed E-state index contributed by atoms with van der Waals surface area (Å²) < 4.78 is 68.4. The minimum absolute atomic E-state index is 0.0495. The topological polar surface area (TPSA) is 141 Å². The number of carbonyl (C=O) groups is 1. The summed E-state index contributed by atoms with van der Waals surface area (Å²) in [5, 5.41) is 27.5. The molecule has 0 spiro atoms. The minimum atomic E-state index is -3.09. The van der Waals surface area contributed by atoms with Crippen LogP contribution in [-0.2, 0) is 21.2 Å². The summed E-state index contributed by atoms with van der Waals surface area (Å²) in [6.45, 7) is 0.172. The molecule has 1 saturated heterocycles. The molecule has 44 heavy (non-hydrogen) atoms. The van der Waals surface area contributed by atoms with Crippen molar-refractivity contribution in [3.8, 4) is 23.0 Å². The number of nitriles is 1. The second kappa shape index (κ2) is 11.2. The molecule has 0 radical (unpaired) electrons. The molecule has 2 saturated carbocycles. The highest BCUT2D eigenvalue weighted by molar-refractivity contribution is 7.91. The van der Waals surface area contributed by atoms with Gasteiger partial charge in [0.25, 0.3) is 0 Å². The van der Waals surface area contributed by atoms with Crippen LogP contribution in [0.25, 0.3) is 16.9 Å². The summed E-state index contributed by atoms with van der Waals surface area (Å²) in [4.78, 5) is 19.5. The van der Waals surface area contributed by atoms with E-state index in [0.717, 1.165) is 11.9 Å². The maximum absolute atomic E-state index is 14.8. The van der Waals surface area contributed by atoms with Gasteiger partial charge in [0.1, 0.15) is 11.4 Å². The summed E-state index contributed by atoms with van der Waals surface area (Å²) in [6, 6.07) is 11.8. The van der Waals surface area contributed by atoms with E-state index >= 15 is 0 Å². The van der Waals surface area contributed by atoms with Crippen molar-refractivity contribution in [1.82, 2.24) is 20.1 Å². The zero-order valence-corrected chi connectivity index (χ0v) is 24.5. The van der Waals surface area contributed by atoms with Crippen molar-refractivity contribution in [2.24, 2.45) is 5.92 Å². The highest BCUT2D eigenvalue weighted by Crippen LogP contribution is 2.48. The molecule has 2 aromatic heterocycles. The van der Waals surface area contributed by atoms with Gasteiger partial charge in [-0.2, -0.15) is 10.4 Å². The molecule has 2 aliphatic carbocycles. The third kappa shape index (κ3) is 5.90. The number of nitrogens with one attached hydrogen (secondary N) is 1. The number of halogens is 3. The van der Waals surface area contributed by atoms with Gasteiger partial charge >= 0.3 is 0 Å². The standard InChI is InChI=1S/C30H31F3N6O4S/c31-20-3-6-25(35-16-20)39-24(17-40)26(19-1-4-21(5-2-19)38-11-13-44(42,43)14-12-38)27(37-39)22-7-8-30(32,33)15-23(22)28(41)36-29(18-34)9-10-29/h1-6,16,22-23,40H,7-15,17H2,(H,36,41)/t22-,23-/m1/s1. The fourth-order valence-electron chi connectivity index (χ4n) is 6.14. The lowest BCUT2D eigenvalue weighted by atomic mass is 9.73. The number of hydrogen-bond acceptors (Lipinski definition) is 8. The molecule has 10 nitrogen and oxygen atoms in total. The van der Waals surface area contributed by atoms with Gasteiger partial charge in [-0.05, 0) is 49.1 Å². The summed E-state index contributed by atoms with van der Waals surface area (Å²) in [5.41, 5.74) is 1.38. The highest BCUT2D eigenvalue weighted by Gasteiger charge is 2.51. The van der Waals surface area contributed by atoms with Crippen LogP contribution in [0.3, 0.4) is 0 Å². The smallest absolute Gasteiger partial charge is 0.249 e. The van der Waals surface area contributed by atoms with E-state index in [0.29, 0.717) is 42.8 Å². The van der Waals surface area contributed by atoms with Crippen molar-refractivity contribution in [3.05, 3.63) is 59.8 Å². The molecule has 3 aromatic rings. The maximum atomic E-state index is 14.8. The summed E-state index contributed by atoms with van der Waals surface area (Å²) in [6.07, 6.45) is 0.622. The first kappa shape index (κ1) is 30.1. The van der Waals surface area contributed by atoms with Gasteiger partial charge in [0, 0.05) is 43.1 Å². The van der Waals surface area contributed by atoms with Crippen molar-refractivity contribution in [1.29, 1.82) is 5.26 Å². The minimum Gasteiger partial charge on any atom is -0.390 e. The van der Waals surface area contributed by atoms with Gasteiger partial charge in [-0.25, -0.2) is 31.3 Å². The number of amides is 1. The van der Waals surface area contributed by atoms with E-state index in [-0.39, 0.29) is 29.4 Å². The Balaban J connectivity index is 1.43. The number of anilines is 1. The number of aliphatic hydroxyl groups excluding tert-OH is 1. The number of hydrogen-bond donors (Lipinski definition) is 2. The Hall–Kier alpha value is -3.96. The fourth-order valence-corrected chi connectivity index (χ4v) is 7.34. The first-order chi connectivity index (χ1) is 20.9. The zero-order chi connectivity index (χ0) is 31.3. The molecule has 3 aliphatic rings. The number of aliphatic hydroxyl groups is 1. The summed E-state index contributed by atoms with van der Waals surface area (Å²) in [7, 11) is -3.07. The maximum Gasteiger partial charge on any atom is 0.249 e. The van der Waals surface area contributed by atoms with Crippen LogP contribution in [0, 0.1) is 23.1 Å². The normalized spacial score (nSPS) is 23.5. The number of aromatic nitrogens is 3. The van der Waals surface area contributed by atoms with E-state index in [9.17, 15) is 36.8 Å². The Morgan fingerprint density at radius 1 is 1.11 bits per heavy atom. The Kier molecular flexibility index (Phi) is 7.65. The van der Waals surface area contributed by atoms with Gasteiger partial charge in [-0.3, -0.25) is 4.79 Å². The first-order valence-corrected chi connectivity index (χ1v) is 16.3. The lowest BCUT2D eigenvalue weighted by Crippen LogP contribution is -2.45. The highest BCUT2D eigenvalue weighted by atomic mass is 32.2. The van der Waals surface area contributed by atoms with E-state index in [1.807, 2.05) is 17.0 Å². The number of alkyl halides is 2. The van der Waals surface area contributed by atoms with E-state index in [4.69, 9.17) is 5.10 Å². The molecule has 232 valence electrons. The molecular weight excluding hydrogens is 597 g/mol. The van der Waals surface area contributed by atoms with Gasteiger partial charge in [0.15, 0.2) is 15.7 Å². The number of sulfone groups is 1. The van der Waals surface area contributed by atoms with Gasteiger partial charge in [-0.15, -0.1) is 0 Å². The van der Waals surface area contributed by atoms with Crippen LogP contribution < -0.4 is 10.2 Å². The summed E-state index contributed by atoms with van der Waals surface area (Å²) >= 11 is 0. The first-order valence-electron chi connectivity index (χ1n) is 14.4. The van der Waals surface area contributed by atoms with Gasteiger partial charge in [0.05, 0.1) is 47.7 Å². The van der Waals surface area contributed by atoms with Crippen LogP contribution in [0.1, 0.15) is 49.4 Å². The molecule has 0 bridgehead atoms. The van der Waals surface area contributed by atoms with Crippen LogP contribution in [-0.4, -0.2) is 70.3 Å². The average Bonchev–Trinajstić information content (AvgIpc) is 3.67. The van der Waals surface area contributed by atoms with E-state index < -0.39 is 64.3 Å². The Bertz CT molecular complexity index is 1700. The van der Waals surface area contributed by atoms with Crippen molar-refractivity contribution in [2.75, 3.05) is 29.5 Å². The lowest BCUT2D eigenvalue weighted by molar-refractivity contribution is -0.134. The van der Waals surface area contributed by atoms with Crippen molar-refractivity contribution in [2.45, 2.75) is 56.1 Å². The third-order valence-corrected chi connectivity index (χ3v) is 10.4. The number of nitrogens with zero attached hydrogens (tertiary/aromatic N) is 5. The second-order valence-corrected chi connectivity index (χ2v) is 14.1. The predicted molar refractivity (Wildman–Crippen MR) is 154 cm³/mol. The Morgan fingerprint density at radius 2 is 1.82 bits per heavy atom. The van der Waals surface area contributed by atoms with Crippen LogP contribution in [0.5, 0.6) is 0 Å². The predicted octanol–water partition coefficient (Wildman–Crippen LogP) is 3.49. The summed E-state index contributed by atoms with van der Waals surface area (Å²) in [5.74, 6) is -6.00. The van der Waals surface area contributed by atoms with Crippen LogP contribution in [0.2, 0.25) is 0 Å². The van der Waals surface area contributed by atoms with Gasteiger partial charge < -0.3 is 15.3 Å². The zero-order valence-electron chi connectivity index (χ0n) is 23.7. The molecule has 6 rings (SSSR count). The van der Waals surface area contributed by atoms with E-state index in [2.05, 4.69) is 16.4 Å². The second-order valence-electron chi connectivity index (χ2n) is 11.8. The third-order valence-electron chi connectivity index (χ3n) is 8.79. The molecule has 0 unspecified atom stereocenters. The van der Waals surface area contributed by atoms with Crippen LogP contribution in [0.15, 0.2) is 42.6 Å². The molecular formula is C30H31F3N6O4S. The molecule has 14 heteroatoms. The largest absolute Gasteiger partial charge is 0.390 e. The number of pyridine rings is 1. The van der Waals surface area contributed by atoms with Gasteiger partial charge in [-0.1, -0.05) is 12.1 Å². The Morgan fingerprint density at radius 3 is 2.41 bits per heavy atom. The van der Waals surface area contributed by atoms with Crippen LogP contribution >= 0.6 is 0 Å². The molecule has 2 N–H and O–H groups in total. The van der Waals surface area contributed by atoms with Crippen molar-refractivity contribution in [3.63, 3.8) is 0 Å². The monoisotopic (exact) mass is 628 g/mol. The van der Waals surface area contributed by atoms with Gasteiger partial charge in [0.2, 0.25) is 11.8 Å². The SMILES string of the molecule is N#CC1(NC(=O)[C@@H]2CC(F)(F)CC[C@H]2c2nn(-c3ccc(F)cn3)c(CO)c2-c2ccc(N3CCS(=O)(=O)CC3)cc2)CC1. The number of carbonyl (C=O) groups excluding carboxylic acids is 1. The van der Waals surface area contributed by atoms with Crippen molar-refractivity contribution >= 4 is 21.4 Å². The molecule has 1 aromatic carbocycles. The molecule has 1 amide bonds. The van der Waals surface area contributed by atoms with E-state index in [1.54, 1.807) is 12.1 Å². The molecule has 3 heterocycles. The lowest BCUT2D eigenvalue weighted by Gasteiger charge is -2.35. The van der Waals surface area contributed by atoms with Crippen molar-refractivity contribution < 1.29 is 31.5 Å². The molecule has 2 atom stereocenters. The average molecular weight is 629 g/mol. The fraction of sp³-hybridized carbons (Fsp3) is 0.467. The molecule has 3 fully saturated rings. The molecule has 1 aliphatic heterocycles. The quantitative estimate of drug-likeness (QED) is 0.405. The number of benzene rings is 1.